The number of nitrogens with one attached hydrogen (secondary N) is 1. The summed E-state index contributed by atoms with van der Waals surface area (Å²) in [6.07, 6.45) is 5.08. The van der Waals surface area contributed by atoms with Crippen molar-refractivity contribution in [2.45, 2.75) is 0 Å². The van der Waals surface area contributed by atoms with Crippen LogP contribution in [0, 0.1) is 12.3 Å². The van der Waals surface area contributed by atoms with Crippen molar-refractivity contribution in [3.05, 3.63) is 23.8 Å². The Kier molecular flexibility index (Phi) is 5.24. The van der Waals surface area contributed by atoms with Gasteiger partial charge < -0.3 is 15.5 Å². The van der Waals surface area contributed by atoms with Crippen LogP contribution in [0.5, 0.6) is 11.5 Å². The van der Waals surface area contributed by atoms with Gasteiger partial charge in [-0.05, 0) is 12.1 Å². The lowest BCUT2D eigenvalue weighted by molar-refractivity contribution is 0.0955. The average molecular weight is 251 g/mol. The zero-order valence-corrected chi connectivity index (χ0v) is 9.96. The highest BCUT2D eigenvalue weighted by Gasteiger charge is 2.07. The first-order chi connectivity index (χ1) is 8.13. The summed E-state index contributed by atoms with van der Waals surface area (Å²) in [5.41, 5.74) is 0.226. The zero-order chi connectivity index (χ0) is 12.7. The number of carbonyl (C=O) groups excluding carboxylic acids is 1. The molecule has 0 heterocycles. The van der Waals surface area contributed by atoms with E-state index in [1.54, 1.807) is 11.8 Å². The lowest BCUT2D eigenvalue weighted by Gasteiger charge is -2.05. The third kappa shape index (κ3) is 4.70. The van der Waals surface area contributed by atoms with E-state index < -0.39 is 0 Å². The number of phenols is 2. The highest BCUT2D eigenvalue weighted by atomic mass is 32.2. The minimum Gasteiger partial charge on any atom is -0.508 e. The van der Waals surface area contributed by atoms with E-state index in [2.05, 4.69) is 11.2 Å². The SMILES string of the molecule is C#CCSCCNC(=O)c1cc(O)cc(O)c1. The number of terminal acetylenes is 1. The Balaban J connectivity index is 2.44. The van der Waals surface area contributed by atoms with E-state index in [1.807, 2.05) is 0 Å². The molecular formula is C12H13NO3S. The Morgan fingerprint density at radius 2 is 2.00 bits per heavy atom. The van der Waals surface area contributed by atoms with Crippen molar-refractivity contribution >= 4 is 17.7 Å². The molecule has 3 N–H and O–H groups in total. The van der Waals surface area contributed by atoms with Crippen molar-refractivity contribution in [1.82, 2.24) is 5.32 Å². The van der Waals surface area contributed by atoms with Crippen LogP contribution in [0.25, 0.3) is 0 Å². The van der Waals surface area contributed by atoms with Gasteiger partial charge in [0.2, 0.25) is 0 Å². The molecule has 0 atom stereocenters. The average Bonchev–Trinajstić information content (AvgIpc) is 2.27. The normalized spacial score (nSPS) is 9.59. The Bertz CT molecular complexity index is 420. The van der Waals surface area contributed by atoms with Crippen molar-refractivity contribution < 1.29 is 15.0 Å². The molecule has 1 aromatic carbocycles. The van der Waals surface area contributed by atoms with Crippen LogP contribution in [0.2, 0.25) is 0 Å². The first-order valence-corrected chi connectivity index (χ1v) is 6.11. The first-order valence-electron chi connectivity index (χ1n) is 4.96. The fourth-order valence-corrected chi connectivity index (χ4v) is 1.70. The topological polar surface area (TPSA) is 69.6 Å². The van der Waals surface area contributed by atoms with Gasteiger partial charge in [-0.3, -0.25) is 4.79 Å². The predicted molar refractivity (Wildman–Crippen MR) is 68.3 cm³/mol. The van der Waals surface area contributed by atoms with E-state index >= 15 is 0 Å². The quantitative estimate of drug-likeness (QED) is 0.543. The summed E-state index contributed by atoms with van der Waals surface area (Å²) in [5, 5.41) is 21.1. The number of hydrogen-bond donors (Lipinski definition) is 3. The van der Waals surface area contributed by atoms with E-state index in [-0.39, 0.29) is 23.0 Å². The first kappa shape index (κ1) is 13.3. The molecule has 0 aliphatic carbocycles. The summed E-state index contributed by atoms with van der Waals surface area (Å²) in [7, 11) is 0. The molecule has 1 aromatic rings. The molecule has 0 fully saturated rings. The van der Waals surface area contributed by atoms with Crippen molar-refractivity contribution in [2.75, 3.05) is 18.1 Å². The molecule has 0 bridgehead atoms. The maximum absolute atomic E-state index is 11.6. The number of aromatic hydroxyl groups is 2. The zero-order valence-electron chi connectivity index (χ0n) is 9.14. The van der Waals surface area contributed by atoms with E-state index in [9.17, 15) is 15.0 Å². The van der Waals surface area contributed by atoms with E-state index in [1.165, 1.54) is 18.2 Å². The summed E-state index contributed by atoms with van der Waals surface area (Å²) >= 11 is 1.55. The highest BCUT2D eigenvalue weighted by Crippen LogP contribution is 2.20. The second-order valence-corrected chi connectivity index (χ2v) is 4.36. The van der Waals surface area contributed by atoms with Gasteiger partial charge in [0.15, 0.2) is 0 Å². The standard InChI is InChI=1S/C12H13NO3S/c1-2-4-17-5-3-13-12(16)9-6-10(14)8-11(15)7-9/h1,6-8,14-15H,3-5H2,(H,13,16). The van der Waals surface area contributed by atoms with Crippen LogP contribution in [0.3, 0.4) is 0 Å². The van der Waals surface area contributed by atoms with Gasteiger partial charge in [-0.2, -0.15) is 0 Å². The van der Waals surface area contributed by atoms with Crippen LogP contribution >= 0.6 is 11.8 Å². The maximum Gasteiger partial charge on any atom is 0.251 e. The fourth-order valence-electron chi connectivity index (χ4n) is 1.20. The number of carbonyl (C=O) groups is 1. The van der Waals surface area contributed by atoms with Crippen molar-refractivity contribution in [3.8, 4) is 23.8 Å². The largest absolute Gasteiger partial charge is 0.508 e. The van der Waals surface area contributed by atoms with Gasteiger partial charge in [0.05, 0.1) is 5.75 Å². The van der Waals surface area contributed by atoms with Crippen LogP contribution < -0.4 is 5.32 Å². The number of rotatable bonds is 5. The highest BCUT2D eigenvalue weighted by molar-refractivity contribution is 7.99. The van der Waals surface area contributed by atoms with Crippen molar-refractivity contribution in [2.24, 2.45) is 0 Å². The van der Waals surface area contributed by atoms with Gasteiger partial charge >= 0.3 is 0 Å². The molecule has 0 aliphatic rings. The number of hydrogen-bond acceptors (Lipinski definition) is 4. The lowest BCUT2D eigenvalue weighted by atomic mass is 10.2. The molecule has 0 saturated carbocycles. The Morgan fingerprint density at radius 1 is 1.35 bits per heavy atom. The fraction of sp³-hybridized carbons (Fsp3) is 0.250. The van der Waals surface area contributed by atoms with Gasteiger partial charge in [-0.15, -0.1) is 18.2 Å². The Morgan fingerprint density at radius 3 is 2.59 bits per heavy atom. The molecule has 5 heteroatoms. The predicted octanol–water partition coefficient (Wildman–Crippen LogP) is 1.19. The Hall–Kier alpha value is -1.80. The third-order valence-electron chi connectivity index (χ3n) is 1.88. The van der Waals surface area contributed by atoms with Crippen LogP contribution in [0.1, 0.15) is 10.4 Å². The van der Waals surface area contributed by atoms with Gasteiger partial charge in [0, 0.05) is 23.9 Å². The minimum absolute atomic E-state index is 0.142. The van der Waals surface area contributed by atoms with Crippen LogP contribution in [0.4, 0.5) is 0 Å². The summed E-state index contributed by atoms with van der Waals surface area (Å²) in [5.74, 6) is 3.20. The van der Waals surface area contributed by atoms with E-state index in [0.717, 1.165) is 5.75 Å². The molecule has 17 heavy (non-hydrogen) atoms. The molecule has 0 radical (unpaired) electrons. The molecular weight excluding hydrogens is 238 g/mol. The van der Waals surface area contributed by atoms with E-state index in [4.69, 9.17) is 6.42 Å². The molecule has 1 amide bonds. The minimum atomic E-state index is -0.336. The second-order valence-electron chi connectivity index (χ2n) is 3.25. The van der Waals surface area contributed by atoms with Crippen molar-refractivity contribution in [1.29, 1.82) is 0 Å². The molecule has 0 aromatic heterocycles. The summed E-state index contributed by atoms with van der Waals surface area (Å²) in [6, 6.07) is 3.76. The number of thioether (sulfide) groups is 1. The van der Waals surface area contributed by atoms with Crippen molar-refractivity contribution in [3.63, 3.8) is 0 Å². The summed E-state index contributed by atoms with van der Waals surface area (Å²) in [4.78, 5) is 11.6. The number of amides is 1. The van der Waals surface area contributed by atoms with E-state index in [0.29, 0.717) is 12.3 Å². The van der Waals surface area contributed by atoms with Gasteiger partial charge in [0.25, 0.3) is 5.91 Å². The molecule has 0 unspecified atom stereocenters. The second kappa shape index (κ2) is 6.71. The number of phenolic OH excluding ortho intramolecular Hbond substituents is 2. The lowest BCUT2D eigenvalue weighted by Crippen LogP contribution is -2.25. The van der Waals surface area contributed by atoms with Gasteiger partial charge in [0.1, 0.15) is 11.5 Å². The maximum atomic E-state index is 11.6. The number of benzene rings is 1. The summed E-state index contributed by atoms with van der Waals surface area (Å²) < 4.78 is 0. The molecule has 4 nitrogen and oxygen atoms in total. The molecule has 0 spiro atoms. The molecule has 0 aliphatic heterocycles. The van der Waals surface area contributed by atoms with Crippen LogP contribution in [-0.2, 0) is 0 Å². The van der Waals surface area contributed by atoms with Crippen LogP contribution in [-0.4, -0.2) is 34.2 Å². The summed E-state index contributed by atoms with van der Waals surface area (Å²) in [6.45, 7) is 0.488. The van der Waals surface area contributed by atoms with Gasteiger partial charge in [-0.1, -0.05) is 5.92 Å². The third-order valence-corrected chi connectivity index (χ3v) is 2.75. The van der Waals surface area contributed by atoms with Gasteiger partial charge in [-0.25, -0.2) is 0 Å². The Labute approximate surface area is 104 Å². The monoisotopic (exact) mass is 251 g/mol. The molecule has 0 saturated heterocycles. The molecule has 1 rings (SSSR count). The molecule has 90 valence electrons. The van der Waals surface area contributed by atoms with Crippen LogP contribution in [0.15, 0.2) is 18.2 Å². The smallest absolute Gasteiger partial charge is 0.251 e.